The number of aryl methyl sites for hydroxylation is 1. The van der Waals surface area contributed by atoms with Crippen LogP contribution in [-0.4, -0.2) is 28.6 Å². The van der Waals surface area contributed by atoms with E-state index in [2.05, 4.69) is 40.2 Å². The topological polar surface area (TPSA) is 25.4 Å². The van der Waals surface area contributed by atoms with Gasteiger partial charge < -0.3 is 4.74 Å². The number of hydrogen-bond donors (Lipinski definition) is 0. The van der Waals surface area contributed by atoms with Crippen LogP contribution in [0.1, 0.15) is 43.4 Å². The molecule has 1 aliphatic heterocycles. The molecule has 0 bridgehead atoms. The fraction of sp³-hybridized carbons (Fsp3) is 0.423. The highest BCUT2D eigenvalue weighted by molar-refractivity contribution is 5.85. The predicted octanol–water partition coefficient (Wildman–Crippen LogP) is 5.89. The third-order valence-electron chi connectivity index (χ3n) is 6.80. The van der Waals surface area contributed by atoms with Gasteiger partial charge >= 0.3 is 0 Å². The summed E-state index contributed by atoms with van der Waals surface area (Å²) in [6.07, 6.45) is 6.19. The van der Waals surface area contributed by atoms with Gasteiger partial charge in [0.15, 0.2) is 0 Å². The van der Waals surface area contributed by atoms with Crippen LogP contribution in [0.15, 0.2) is 54.6 Å². The molecule has 5 rings (SSSR count). The van der Waals surface area contributed by atoms with Crippen LogP contribution in [0.25, 0.3) is 10.9 Å². The molecule has 4 heteroatoms. The molecule has 2 aromatic carbocycles. The Hall–Kier alpha value is -2.46. The molecule has 3 unspecified atom stereocenters. The second kappa shape index (κ2) is 8.35. The van der Waals surface area contributed by atoms with Crippen LogP contribution in [0.4, 0.5) is 4.39 Å². The van der Waals surface area contributed by atoms with E-state index in [9.17, 15) is 4.39 Å². The summed E-state index contributed by atoms with van der Waals surface area (Å²) in [5, 5.41) is 0.777. The first-order valence-corrected chi connectivity index (χ1v) is 11.2. The summed E-state index contributed by atoms with van der Waals surface area (Å²) < 4.78 is 20.6. The maximum atomic E-state index is 13.9. The SMILES string of the molecule is Cc1cc(OC2CCN(Cc3ccccc3)C3CCCCC23)c2cc(F)ccc2n1. The number of hydrogen-bond acceptors (Lipinski definition) is 3. The molecule has 30 heavy (non-hydrogen) atoms. The van der Waals surface area contributed by atoms with Gasteiger partial charge in [0.2, 0.25) is 0 Å². The van der Waals surface area contributed by atoms with E-state index in [0.29, 0.717) is 12.0 Å². The lowest BCUT2D eigenvalue weighted by Gasteiger charge is -2.48. The molecule has 2 aliphatic rings. The van der Waals surface area contributed by atoms with Gasteiger partial charge in [0.25, 0.3) is 0 Å². The first-order valence-electron chi connectivity index (χ1n) is 11.2. The minimum atomic E-state index is -0.244. The summed E-state index contributed by atoms with van der Waals surface area (Å²) in [5.41, 5.74) is 3.09. The number of fused-ring (bicyclic) bond motifs is 2. The summed E-state index contributed by atoms with van der Waals surface area (Å²) in [5.74, 6) is 1.06. The number of benzene rings is 2. The molecular formula is C26H29FN2O. The average Bonchev–Trinajstić information content (AvgIpc) is 2.76. The quantitative estimate of drug-likeness (QED) is 0.542. The normalized spacial score (nSPS) is 24.5. The summed E-state index contributed by atoms with van der Waals surface area (Å²) >= 11 is 0. The number of piperidine rings is 1. The van der Waals surface area contributed by atoms with Gasteiger partial charge in [-0.2, -0.15) is 0 Å². The van der Waals surface area contributed by atoms with Crippen LogP contribution >= 0.6 is 0 Å². The zero-order valence-electron chi connectivity index (χ0n) is 17.6. The fourth-order valence-electron chi connectivity index (χ4n) is 5.41. The molecule has 1 aliphatic carbocycles. The number of halogens is 1. The molecule has 1 saturated heterocycles. The Kier molecular flexibility index (Phi) is 5.43. The second-order valence-corrected chi connectivity index (χ2v) is 8.84. The van der Waals surface area contributed by atoms with Crippen LogP contribution in [0.3, 0.4) is 0 Å². The van der Waals surface area contributed by atoms with Crippen molar-refractivity contribution >= 4 is 10.9 Å². The zero-order chi connectivity index (χ0) is 20.5. The molecule has 3 nitrogen and oxygen atoms in total. The molecule has 2 fully saturated rings. The van der Waals surface area contributed by atoms with Gasteiger partial charge in [0.1, 0.15) is 17.7 Å². The Morgan fingerprint density at radius 1 is 1.03 bits per heavy atom. The zero-order valence-corrected chi connectivity index (χ0v) is 17.6. The summed E-state index contributed by atoms with van der Waals surface area (Å²) in [7, 11) is 0. The fourth-order valence-corrected chi connectivity index (χ4v) is 5.41. The molecule has 156 valence electrons. The minimum absolute atomic E-state index is 0.176. The number of likely N-dealkylation sites (tertiary alicyclic amines) is 1. The lowest BCUT2D eigenvalue weighted by molar-refractivity contribution is -0.0267. The van der Waals surface area contributed by atoms with Crippen LogP contribution in [0, 0.1) is 18.7 Å². The molecule has 1 aromatic heterocycles. The van der Waals surface area contributed by atoms with Crippen LogP contribution in [0.2, 0.25) is 0 Å². The van der Waals surface area contributed by atoms with E-state index >= 15 is 0 Å². The highest BCUT2D eigenvalue weighted by Crippen LogP contribution is 2.39. The Morgan fingerprint density at radius 3 is 2.73 bits per heavy atom. The van der Waals surface area contributed by atoms with E-state index in [1.165, 1.54) is 37.3 Å². The van der Waals surface area contributed by atoms with Crippen molar-refractivity contribution in [2.75, 3.05) is 6.54 Å². The Bertz CT molecular complexity index is 1020. The monoisotopic (exact) mass is 404 g/mol. The van der Waals surface area contributed by atoms with Crippen molar-refractivity contribution in [3.05, 3.63) is 71.7 Å². The highest BCUT2D eigenvalue weighted by Gasteiger charge is 2.40. The minimum Gasteiger partial charge on any atom is -0.489 e. The van der Waals surface area contributed by atoms with Crippen molar-refractivity contribution in [1.29, 1.82) is 0 Å². The molecular weight excluding hydrogens is 375 g/mol. The number of rotatable bonds is 4. The van der Waals surface area contributed by atoms with E-state index in [1.807, 2.05) is 13.0 Å². The van der Waals surface area contributed by atoms with Crippen molar-refractivity contribution in [3.8, 4) is 5.75 Å². The molecule has 0 spiro atoms. The molecule has 0 amide bonds. The van der Waals surface area contributed by atoms with E-state index in [-0.39, 0.29) is 11.9 Å². The van der Waals surface area contributed by atoms with Crippen LogP contribution in [0.5, 0.6) is 5.75 Å². The summed E-state index contributed by atoms with van der Waals surface area (Å²) in [4.78, 5) is 7.22. The van der Waals surface area contributed by atoms with Gasteiger partial charge in [0, 0.05) is 42.2 Å². The molecule has 2 heterocycles. The van der Waals surface area contributed by atoms with E-state index in [0.717, 1.165) is 41.9 Å². The Labute approximate surface area is 177 Å². The third-order valence-corrected chi connectivity index (χ3v) is 6.80. The van der Waals surface area contributed by atoms with Gasteiger partial charge in [0.05, 0.1) is 5.52 Å². The van der Waals surface area contributed by atoms with Gasteiger partial charge in [-0.25, -0.2) is 4.39 Å². The molecule has 0 radical (unpaired) electrons. The van der Waals surface area contributed by atoms with E-state index in [4.69, 9.17) is 4.74 Å². The van der Waals surface area contributed by atoms with Crippen LogP contribution < -0.4 is 4.74 Å². The largest absolute Gasteiger partial charge is 0.489 e. The number of aromatic nitrogens is 1. The van der Waals surface area contributed by atoms with Gasteiger partial charge in [-0.05, 0) is 49.9 Å². The molecule has 1 saturated carbocycles. The summed E-state index contributed by atoms with van der Waals surface area (Å²) in [6, 6.07) is 18.1. The number of ether oxygens (including phenoxy) is 1. The standard InChI is InChI=1S/C26H29FN2O/c1-18-15-26(22-16-20(27)11-12-23(22)28-18)30-25-13-14-29(17-19-7-3-2-4-8-19)24-10-6-5-9-21(24)25/h2-4,7-8,11-12,15-16,21,24-25H,5-6,9-10,13-14,17H2,1H3. The third kappa shape index (κ3) is 3.93. The highest BCUT2D eigenvalue weighted by atomic mass is 19.1. The van der Waals surface area contributed by atoms with Crippen molar-refractivity contribution in [3.63, 3.8) is 0 Å². The maximum absolute atomic E-state index is 13.9. The lowest BCUT2D eigenvalue weighted by atomic mass is 9.76. The first-order chi connectivity index (χ1) is 14.7. The second-order valence-electron chi connectivity index (χ2n) is 8.84. The van der Waals surface area contributed by atoms with Crippen molar-refractivity contribution < 1.29 is 9.13 Å². The molecule has 0 N–H and O–H groups in total. The van der Waals surface area contributed by atoms with E-state index < -0.39 is 0 Å². The Balaban J connectivity index is 1.40. The lowest BCUT2D eigenvalue weighted by Crippen LogP contribution is -2.53. The van der Waals surface area contributed by atoms with Crippen molar-refractivity contribution in [1.82, 2.24) is 9.88 Å². The molecule has 3 aromatic rings. The van der Waals surface area contributed by atoms with Crippen molar-refractivity contribution in [2.45, 2.75) is 57.7 Å². The maximum Gasteiger partial charge on any atom is 0.131 e. The first kappa shape index (κ1) is 19.5. The number of pyridine rings is 1. The molecule has 3 atom stereocenters. The summed E-state index contributed by atoms with van der Waals surface area (Å²) in [6.45, 7) is 4.02. The van der Waals surface area contributed by atoms with Gasteiger partial charge in [-0.1, -0.05) is 43.2 Å². The average molecular weight is 405 g/mol. The Morgan fingerprint density at radius 2 is 1.87 bits per heavy atom. The predicted molar refractivity (Wildman–Crippen MR) is 118 cm³/mol. The van der Waals surface area contributed by atoms with Crippen LogP contribution in [-0.2, 0) is 6.54 Å². The van der Waals surface area contributed by atoms with E-state index in [1.54, 1.807) is 12.1 Å². The number of nitrogens with zero attached hydrogens (tertiary/aromatic N) is 2. The van der Waals surface area contributed by atoms with Gasteiger partial charge in [-0.3, -0.25) is 9.88 Å². The van der Waals surface area contributed by atoms with Crippen molar-refractivity contribution in [2.24, 2.45) is 5.92 Å². The van der Waals surface area contributed by atoms with Gasteiger partial charge in [-0.15, -0.1) is 0 Å². The smallest absolute Gasteiger partial charge is 0.131 e.